The maximum absolute atomic E-state index is 12.1. The fraction of sp³-hybridized carbons (Fsp3) is 0.600. The van der Waals surface area contributed by atoms with Gasteiger partial charge in [-0.3, -0.25) is 4.79 Å². The number of nitrogens with zero attached hydrogens (tertiary/aromatic N) is 1. The number of carboxylic acid groups (broad SMARTS) is 1. The van der Waals surface area contributed by atoms with Crippen molar-refractivity contribution in [1.29, 1.82) is 0 Å². The quantitative estimate of drug-likeness (QED) is 0.465. The number of hydrogen-bond donors (Lipinski definition) is 4. The highest BCUT2D eigenvalue weighted by atomic mass is 16.4. The molecular formula is C20H35N3O4. The van der Waals surface area contributed by atoms with Crippen molar-refractivity contribution in [2.45, 2.75) is 46.6 Å². The summed E-state index contributed by atoms with van der Waals surface area (Å²) in [6.07, 6.45) is 1.85. The van der Waals surface area contributed by atoms with Crippen LogP contribution in [0.15, 0.2) is 18.2 Å². The average molecular weight is 382 g/mol. The summed E-state index contributed by atoms with van der Waals surface area (Å²) in [6.45, 7) is 9.72. The Bertz CT molecular complexity index is 612. The topological polar surface area (TPSA) is 102 Å². The van der Waals surface area contributed by atoms with E-state index in [0.717, 1.165) is 38.5 Å². The molecule has 0 radical (unpaired) electrons. The Morgan fingerprint density at radius 3 is 2.15 bits per heavy atom. The number of hydrogen-bond acceptors (Lipinski definition) is 5. The third kappa shape index (κ3) is 10.6. The number of phenolic OH excluding ortho intramolecular Hbond substituents is 1. The molecule has 0 aliphatic rings. The van der Waals surface area contributed by atoms with Gasteiger partial charge in [-0.15, -0.1) is 0 Å². The Morgan fingerprint density at radius 2 is 1.59 bits per heavy atom. The van der Waals surface area contributed by atoms with Gasteiger partial charge in [-0.1, -0.05) is 7.43 Å². The van der Waals surface area contributed by atoms with Crippen LogP contribution in [-0.4, -0.2) is 65.8 Å². The Hall–Kier alpha value is -2.12. The first kappa shape index (κ1) is 24.9. The van der Waals surface area contributed by atoms with E-state index in [1.54, 1.807) is 0 Å². The number of carbonyl (C=O) groups excluding carboxylic acids is 1. The molecule has 7 nitrogen and oxygen atoms in total. The van der Waals surface area contributed by atoms with Gasteiger partial charge in [0.1, 0.15) is 5.75 Å². The molecule has 154 valence electrons. The van der Waals surface area contributed by atoms with Gasteiger partial charge >= 0.3 is 5.97 Å². The molecule has 0 spiro atoms. The van der Waals surface area contributed by atoms with Crippen LogP contribution < -0.4 is 10.6 Å². The van der Waals surface area contributed by atoms with Gasteiger partial charge in [-0.2, -0.15) is 0 Å². The van der Waals surface area contributed by atoms with E-state index >= 15 is 0 Å². The summed E-state index contributed by atoms with van der Waals surface area (Å²) < 4.78 is 0. The molecule has 0 atom stereocenters. The fourth-order valence-corrected chi connectivity index (χ4v) is 2.44. The number of aromatic carboxylic acids is 1. The van der Waals surface area contributed by atoms with Gasteiger partial charge in [0.2, 0.25) is 0 Å². The zero-order valence-corrected chi connectivity index (χ0v) is 16.1. The molecule has 1 aromatic rings. The number of amides is 1. The van der Waals surface area contributed by atoms with Crippen LogP contribution in [0.25, 0.3) is 0 Å². The molecule has 0 aliphatic heterocycles. The minimum Gasteiger partial charge on any atom is -0.508 e. The van der Waals surface area contributed by atoms with E-state index in [1.807, 2.05) is 7.05 Å². The molecule has 0 unspecified atom stereocenters. The number of carbonyl (C=O) groups is 2. The molecule has 4 N–H and O–H groups in total. The van der Waals surface area contributed by atoms with E-state index in [1.165, 1.54) is 12.1 Å². The number of nitrogens with one attached hydrogen (secondary N) is 2. The van der Waals surface area contributed by atoms with Gasteiger partial charge in [-0.05, 0) is 78.5 Å². The molecule has 27 heavy (non-hydrogen) atoms. The molecular weight excluding hydrogens is 346 g/mol. The molecule has 7 heteroatoms. The largest absolute Gasteiger partial charge is 0.508 e. The van der Waals surface area contributed by atoms with Crippen LogP contribution in [0.5, 0.6) is 5.75 Å². The lowest BCUT2D eigenvalue weighted by Crippen LogP contribution is -2.37. The summed E-state index contributed by atoms with van der Waals surface area (Å²) in [5.74, 6) is -1.81. The smallest absolute Gasteiger partial charge is 0.335 e. The SMILES string of the molecule is C.CN(CCCNC(=O)c1cc(O)cc(C(=O)O)c1)CCCNC(C)(C)C. The van der Waals surface area contributed by atoms with Gasteiger partial charge in [0, 0.05) is 17.6 Å². The van der Waals surface area contributed by atoms with Crippen LogP contribution >= 0.6 is 0 Å². The molecule has 1 aromatic carbocycles. The number of rotatable bonds is 10. The predicted molar refractivity (Wildman–Crippen MR) is 109 cm³/mol. The molecule has 0 aromatic heterocycles. The number of benzene rings is 1. The molecule has 0 saturated heterocycles. The Labute approximate surface area is 162 Å². The normalized spacial score (nSPS) is 11.1. The van der Waals surface area contributed by atoms with Crippen LogP contribution in [0.4, 0.5) is 0 Å². The predicted octanol–water partition coefficient (Wildman–Crippen LogP) is 2.56. The van der Waals surface area contributed by atoms with Gasteiger partial charge in [0.05, 0.1) is 5.56 Å². The summed E-state index contributed by atoms with van der Waals surface area (Å²) in [4.78, 5) is 25.3. The standard InChI is InChI=1S/C19H31N3O4.CH4/c1-19(2,3)21-8-6-10-22(4)9-5-7-20-17(24)14-11-15(18(25)26)13-16(23)12-14;/h11-13,21,23H,5-10H2,1-4H3,(H,20,24)(H,25,26);1H4. The Kier molecular flexibility index (Phi) is 10.7. The second-order valence-electron chi connectivity index (χ2n) is 7.52. The van der Waals surface area contributed by atoms with Crippen LogP contribution in [0, 0.1) is 0 Å². The number of carboxylic acids is 1. The first-order valence-corrected chi connectivity index (χ1v) is 8.87. The minimum absolute atomic E-state index is 0. The first-order valence-electron chi connectivity index (χ1n) is 8.87. The van der Waals surface area contributed by atoms with Crippen molar-refractivity contribution >= 4 is 11.9 Å². The highest BCUT2D eigenvalue weighted by molar-refractivity contribution is 5.98. The van der Waals surface area contributed by atoms with E-state index in [4.69, 9.17) is 5.11 Å². The lowest BCUT2D eigenvalue weighted by Gasteiger charge is -2.22. The summed E-state index contributed by atoms with van der Waals surface area (Å²) in [6, 6.07) is 3.63. The van der Waals surface area contributed by atoms with Crippen molar-refractivity contribution in [3.63, 3.8) is 0 Å². The zero-order chi connectivity index (χ0) is 19.7. The van der Waals surface area contributed by atoms with E-state index in [-0.39, 0.29) is 35.7 Å². The van der Waals surface area contributed by atoms with Crippen molar-refractivity contribution < 1.29 is 19.8 Å². The molecule has 1 amide bonds. The molecule has 0 saturated carbocycles. The molecule has 1 rings (SSSR count). The lowest BCUT2D eigenvalue weighted by molar-refractivity contribution is 0.0696. The number of aromatic hydroxyl groups is 1. The van der Waals surface area contributed by atoms with Crippen LogP contribution in [0.2, 0.25) is 0 Å². The van der Waals surface area contributed by atoms with Crippen molar-refractivity contribution in [3.8, 4) is 5.75 Å². The summed E-state index contributed by atoms with van der Waals surface area (Å²) in [5, 5.41) is 24.7. The van der Waals surface area contributed by atoms with Crippen molar-refractivity contribution in [2.24, 2.45) is 0 Å². The lowest BCUT2D eigenvalue weighted by atomic mass is 10.1. The van der Waals surface area contributed by atoms with Crippen LogP contribution in [-0.2, 0) is 0 Å². The second kappa shape index (κ2) is 11.6. The fourth-order valence-electron chi connectivity index (χ4n) is 2.44. The van der Waals surface area contributed by atoms with E-state index in [9.17, 15) is 14.7 Å². The maximum atomic E-state index is 12.1. The van der Waals surface area contributed by atoms with Crippen LogP contribution in [0.3, 0.4) is 0 Å². The third-order valence-electron chi connectivity index (χ3n) is 3.80. The average Bonchev–Trinajstić information content (AvgIpc) is 2.54. The van der Waals surface area contributed by atoms with Crippen molar-refractivity contribution in [3.05, 3.63) is 29.3 Å². The van der Waals surface area contributed by atoms with E-state index in [0.29, 0.717) is 6.54 Å². The summed E-state index contributed by atoms with van der Waals surface area (Å²) in [7, 11) is 2.05. The third-order valence-corrected chi connectivity index (χ3v) is 3.80. The molecule has 0 bridgehead atoms. The van der Waals surface area contributed by atoms with Gasteiger partial charge in [0.15, 0.2) is 0 Å². The first-order chi connectivity index (χ1) is 12.1. The molecule has 0 aliphatic carbocycles. The van der Waals surface area contributed by atoms with Crippen LogP contribution in [0.1, 0.15) is 61.8 Å². The highest BCUT2D eigenvalue weighted by Gasteiger charge is 2.12. The van der Waals surface area contributed by atoms with Crippen molar-refractivity contribution in [1.82, 2.24) is 15.5 Å². The van der Waals surface area contributed by atoms with Gasteiger partial charge in [-0.25, -0.2) is 4.79 Å². The van der Waals surface area contributed by atoms with Crippen molar-refractivity contribution in [2.75, 3.05) is 33.2 Å². The summed E-state index contributed by atoms with van der Waals surface area (Å²) in [5.41, 5.74) is 0.164. The van der Waals surface area contributed by atoms with Gasteiger partial charge in [0.25, 0.3) is 5.91 Å². The van der Waals surface area contributed by atoms with E-state index in [2.05, 4.69) is 36.3 Å². The molecule has 0 heterocycles. The Morgan fingerprint density at radius 1 is 1.04 bits per heavy atom. The molecule has 0 fully saturated rings. The second-order valence-corrected chi connectivity index (χ2v) is 7.52. The zero-order valence-electron chi connectivity index (χ0n) is 16.1. The summed E-state index contributed by atoms with van der Waals surface area (Å²) >= 11 is 0. The minimum atomic E-state index is -1.18. The van der Waals surface area contributed by atoms with Gasteiger partial charge < -0.3 is 25.7 Å². The highest BCUT2D eigenvalue weighted by Crippen LogP contribution is 2.15. The maximum Gasteiger partial charge on any atom is 0.335 e. The number of phenols is 1. The monoisotopic (exact) mass is 381 g/mol. The Balaban J connectivity index is 0.00000676. The van der Waals surface area contributed by atoms with E-state index < -0.39 is 5.97 Å².